The second kappa shape index (κ2) is 6.73. The highest BCUT2D eigenvalue weighted by Gasteiger charge is 2.01. The normalized spacial score (nSPS) is 10.6. The van der Waals surface area contributed by atoms with Crippen LogP contribution < -0.4 is 5.32 Å². The molecular weight excluding hydrogens is 373 g/mol. The Hall–Kier alpha value is -1.33. The number of rotatable bonds is 3. The highest BCUT2D eigenvalue weighted by atomic mass is 127. The zero-order valence-corrected chi connectivity index (χ0v) is 12.9. The molecule has 19 heavy (non-hydrogen) atoms. The van der Waals surface area contributed by atoms with Gasteiger partial charge in [-0.25, -0.2) is 0 Å². The highest BCUT2D eigenvalue weighted by molar-refractivity contribution is 14.1. The lowest BCUT2D eigenvalue weighted by Gasteiger charge is -2.04. The summed E-state index contributed by atoms with van der Waals surface area (Å²) in [6.07, 6.45) is 3.18. The quantitative estimate of drug-likeness (QED) is 0.609. The fourth-order valence-corrected chi connectivity index (χ4v) is 2.23. The van der Waals surface area contributed by atoms with Crippen molar-refractivity contribution < 1.29 is 4.79 Å². The Kier molecular flexibility index (Phi) is 4.99. The van der Waals surface area contributed by atoms with Gasteiger partial charge in [-0.15, -0.1) is 0 Å². The van der Waals surface area contributed by atoms with Gasteiger partial charge in [0.1, 0.15) is 0 Å². The lowest BCUT2D eigenvalue weighted by molar-refractivity contribution is -0.111. The van der Waals surface area contributed by atoms with Crippen molar-refractivity contribution in [2.45, 2.75) is 0 Å². The zero-order chi connectivity index (χ0) is 13.7. The Morgan fingerprint density at radius 1 is 1.11 bits per heavy atom. The average molecular weight is 384 g/mol. The molecule has 0 fully saturated rings. The summed E-state index contributed by atoms with van der Waals surface area (Å²) in [6.45, 7) is 0. The van der Waals surface area contributed by atoms with Gasteiger partial charge in [-0.3, -0.25) is 4.79 Å². The lowest BCUT2D eigenvalue weighted by atomic mass is 10.2. The molecule has 0 atom stereocenters. The van der Waals surface area contributed by atoms with Gasteiger partial charge in [0.2, 0.25) is 5.91 Å². The van der Waals surface area contributed by atoms with Crippen LogP contribution in [0.5, 0.6) is 0 Å². The Balaban J connectivity index is 2.06. The van der Waals surface area contributed by atoms with Crippen LogP contribution in [0.4, 0.5) is 5.69 Å². The van der Waals surface area contributed by atoms with Gasteiger partial charge >= 0.3 is 0 Å². The van der Waals surface area contributed by atoms with Gasteiger partial charge in [0.05, 0.1) is 5.69 Å². The second-order valence-corrected chi connectivity index (χ2v) is 5.39. The van der Waals surface area contributed by atoms with E-state index in [1.165, 1.54) is 6.08 Å². The molecule has 0 heterocycles. The number of nitrogens with one attached hydrogen (secondary N) is 1. The second-order valence-electron chi connectivity index (χ2n) is 3.82. The van der Waals surface area contributed by atoms with Crippen LogP contribution in [0.3, 0.4) is 0 Å². The van der Waals surface area contributed by atoms with E-state index in [1.807, 2.05) is 42.5 Å². The van der Waals surface area contributed by atoms with E-state index in [1.54, 1.807) is 12.1 Å². The van der Waals surface area contributed by atoms with E-state index in [4.69, 9.17) is 11.6 Å². The Morgan fingerprint density at radius 2 is 1.79 bits per heavy atom. The average Bonchev–Trinajstić information content (AvgIpc) is 2.40. The molecule has 0 aliphatic carbocycles. The van der Waals surface area contributed by atoms with Crippen LogP contribution in [-0.2, 0) is 4.79 Å². The third-order valence-corrected chi connectivity index (χ3v) is 3.74. The molecule has 0 saturated heterocycles. The fraction of sp³-hybridized carbons (Fsp3) is 0. The number of hydrogen-bond acceptors (Lipinski definition) is 1. The molecule has 2 rings (SSSR count). The van der Waals surface area contributed by atoms with Crippen molar-refractivity contribution in [1.82, 2.24) is 0 Å². The van der Waals surface area contributed by atoms with Crippen molar-refractivity contribution in [1.29, 1.82) is 0 Å². The van der Waals surface area contributed by atoms with Crippen LogP contribution in [0, 0.1) is 3.57 Å². The minimum absolute atomic E-state index is 0.177. The first-order valence-electron chi connectivity index (χ1n) is 5.65. The van der Waals surface area contributed by atoms with Gasteiger partial charge < -0.3 is 5.32 Å². The van der Waals surface area contributed by atoms with Gasteiger partial charge in [0, 0.05) is 14.7 Å². The first-order valence-corrected chi connectivity index (χ1v) is 7.10. The number of anilines is 1. The molecule has 2 aromatic carbocycles. The Morgan fingerprint density at radius 3 is 2.53 bits per heavy atom. The third-order valence-electron chi connectivity index (χ3n) is 2.45. The molecule has 2 nitrogen and oxygen atoms in total. The van der Waals surface area contributed by atoms with Gasteiger partial charge in [0.25, 0.3) is 0 Å². The summed E-state index contributed by atoms with van der Waals surface area (Å²) in [5.74, 6) is -0.177. The van der Waals surface area contributed by atoms with E-state index in [-0.39, 0.29) is 5.91 Å². The molecule has 1 N–H and O–H groups in total. The number of amides is 1. The van der Waals surface area contributed by atoms with Crippen molar-refractivity contribution in [3.8, 4) is 0 Å². The summed E-state index contributed by atoms with van der Waals surface area (Å²) in [6, 6.07) is 15.0. The smallest absolute Gasteiger partial charge is 0.248 e. The molecule has 0 aromatic heterocycles. The van der Waals surface area contributed by atoms with E-state index in [9.17, 15) is 4.79 Å². The van der Waals surface area contributed by atoms with E-state index >= 15 is 0 Å². The van der Waals surface area contributed by atoms with Gasteiger partial charge in [-0.05, 0) is 52.4 Å². The molecule has 2 aromatic rings. The number of hydrogen-bond donors (Lipinski definition) is 1. The van der Waals surface area contributed by atoms with Crippen LogP contribution in [-0.4, -0.2) is 5.91 Å². The first kappa shape index (κ1) is 14.1. The summed E-state index contributed by atoms with van der Waals surface area (Å²) >= 11 is 8.19. The number of benzene rings is 2. The van der Waals surface area contributed by atoms with Crippen molar-refractivity contribution in [3.05, 3.63) is 68.8 Å². The molecule has 96 valence electrons. The van der Waals surface area contributed by atoms with Gasteiger partial charge in [0.15, 0.2) is 0 Å². The standard InChI is InChI=1S/C15H11ClINO/c16-12-6-2-1-5-11(12)9-10-15(19)18-14-8-4-3-7-13(14)17/h1-10H,(H,18,19)/b10-9+. The first-order chi connectivity index (χ1) is 9.16. The monoisotopic (exact) mass is 383 g/mol. The Labute approximate surface area is 130 Å². The predicted molar refractivity (Wildman–Crippen MR) is 88.3 cm³/mol. The molecule has 0 unspecified atom stereocenters. The number of carbonyl (C=O) groups excluding carboxylic acids is 1. The van der Waals surface area contributed by atoms with Crippen molar-refractivity contribution in [2.75, 3.05) is 5.32 Å². The maximum atomic E-state index is 11.8. The molecule has 0 aliphatic heterocycles. The molecule has 4 heteroatoms. The summed E-state index contributed by atoms with van der Waals surface area (Å²) in [7, 11) is 0. The lowest BCUT2D eigenvalue weighted by Crippen LogP contribution is -2.08. The van der Waals surface area contributed by atoms with Crippen LogP contribution >= 0.6 is 34.2 Å². The fourth-order valence-electron chi connectivity index (χ4n) is 1.51. The number of para-hydroxylation sites is 1. The van der Waals surface area contributed by atoms with Crippen LogP contribution in [0.2, 0.25) is 5.02 Å². The minimum atomic E-state index is -0.177. The molecule has 0 spiro atoms. The van der Waals surface area contributed by atoms with Gasteiger partial charge in [-0.2, -0.15) is 0 Å². The van der Waals surface area contributed by atoms with E-state index in [0.717, 1.165) is 14.8 Å². The van der Waals surface area contributed by atoms with E-state index in [0.29, 0.717) is 5.02 Å². The van der Waals surface area contributed by atoms with Crippen molar-refractivity contribution in [2.24, 2.45) is 0 Å². The third kappa shape index (κ3) is 4.08. The van der Waals surface area contributed by atoms with Crippen LogP contribution in [0.15, 0.2) is 54.6 Å². The molecule has 0 bridgehead atoms. The maximum absolute atomic E-state index is 11.8. The van der Waals surface area contributed by atoms with Crippen molar-refractivity contribution in [3.63, 3.8) is 0 Å². The zero-order valence-electron chi connectivity index (χ0n) is 9.94. The van der Waals surface area contributed by atoms with Crippen molar-refractivity contribution >= 4 is 51.9 Å². The maximum Gasteiger partial charge on any atom is 0.248 e. The van der Waals surface area contributed by atoms with E-state index < -0.39 is 0 Å². The molecular formula is C15H11ClINO. The summed E-state index contributed by atoms with van der Waals surface area (Å²) in [5.41, 5.74) is 1.62. The molecule has 0 saturated carbocycles. The minimum Gasteiger partial charge on any atom is -0.322 e. The van der Waals surface area contributed by atoms with Crippen LogP contribution in [0.1, 0.15) is 5.56 Å². The number of halogens is 2. The highest BCUT2D eigenvalue weighted by Crippen LogP contribution is 2.18. The summed E-state index contributed by atoms with van der Waals surface area (Å²) < 4.78 is 1.000. The predicted octanol–water partition coefficient (Wildman–Crippen LogP) is 4.60. The SMILES string of the molecule is O=C(/C=C/c1ccccc1Cl)Nc1ccccc1I. The molecule has 1 amide bonds. The summed E-state index contributed by atoms with van der Waals surface area (Å²) in [4.78, 5) is 11.8. The Bertz CT molecular complexity index is 625. The topological polar surface area (TPSA) is 29.1 Å². The van der Waals surface area contributed by atoms with Crippen LogP contribution in [0.25, 0.3) is 6.08 Å². The number of carbonyl (C=O) groups is 1. The molecule has 0 radical (unpaired) electrons. The molecule has 0 aliphatic rings. The largest absolute Gasteiger partial charge is 0.322 e. The van der Waals surface area contributed by atoms with Gasteiger partial charge in [-0.1, -0.05) is 41.9 Å². The van der Waals surface area contributed by atoms with E-state index in [2.05, 4.69) is 27.9 Å². The summed E-state index contributed by atoms with van der Waals surface area (Å²) in [5, 5.41) is 3.45.